The highest BCUT2D eigenvalue weighted by atomic mass is 35.5. The van der Waals surface area contributed by atoms with Crippen molar-refractivity contribution in [1.82, 2.24) is 0 Å². The Morgan fingerprint density at radius 3 is 2.33 bits per heavy atom. The minimum Gasteiger partial charge on any atom is -0.490 e. The van der Waals surface area contributed by atoms with Gasteiger partial charge in [0.25, 0.3) is 0 Å². The van der Waals surface area contributed by atoms with Crippen molar-refractivity contribution in [1.29, 1.82) is 0 Å². The molecule has 2 aromatic rings. The van der Waals surface area contributed by atoms with Gasteiger partial charge in [0, 0.05) is 5.02 Å². The van der Waals surface area contributed by atoms with Crippen LogP contribution in [0.15, 0.2) is 42.5 Å². The molecule has 3 aliphatic rings. The summed E-state index contributed by atoms with van der Waals surface area (Å²) in [5, 5.41) is 40.6. The zero-order valence-corrected chi connectivity index (χ0v) is 19.3. The van der Waals surface area contributed by atoms with Crippen LogP contribution in [0.3, 0.4) is 0 Å². The Morgan fingerprint density at radius 1 is 0.970 bits per heavy atom. The predicted molar refractivity (Wildman–Crippen MR) is 123 cm³/mol. The topological polar surface area (TPSA) is 99.4 Å². The molecule has 2 saturated carbocycles. The van der Waals surface area contributed by atoms with Crippen molar-refractivity contribution < 1.29 is 29.9 Å². The Morgan fingerprint density at radius 2 is 1.67 bits per heavy atom. The summed E-state index contributed by atoms with van der Waals surface area (Å²) in [6.45, 7) is 1.87. The van der Waals surface area contributed by atoms with Gasteiger partial charge in [-0.3, -0.25) is 0 Å². The maximum atomic E-state index is 10.4. The second-order valence-corrected chi connectivity index (χ2v) is 10.2. The summed E-state index contributed by atoms with van der Waals surface area (Å²) in [6.07, 6.45) is -2.72. The predicted octanol–water partition coefficient (Wildman–Crippen LogP) is 2.87. The highest BCUT2D eigenvalue weighted by Gasteiger charge is 2.53. The molecular formula is C26H31ClO6. The molecule has 4 N–H and O–H groups in total. The molecule has 0 radical (unpaired) electrons. The molecule has 3 fully saturated rings. The minimum atomic E-state index is -1.42. The molecule has 0 unspecified atom stereocenters. The van der Waals surface area contributed by atoms with E-state index < -0.39 is 37.1 Å². The number of aliphatic hydroxyl groups is 4. The fourth-order valence-corrected chi connectivity index (χ4v) is 5.78. The van der Waals surface area contributed by atoms with Crippen LogP contribution in [-0.4, -0.2) is 57.6 Å². The monoisotopic (exact) mass is 474 g/mol. The summed E-state index contributed by atoms with van der Waals surface area (Å²) in [5.41, 5.74) is 2.54. The summed E-state index contributed by atoms with van der Waals surface area (Å²) in [5.74, 6) is 3.47. The Balaban J connectivity index is 1.26. The SMILES string of the molecule is C[C@H]1[C@H]2C[C@H](Oc3ccc(Cc4cc([C@@H]5O[C@H](CO)[C@@H](O)[C@H](O)[C@H]5O)ccc4Cl)cc3)C[C@@H]12. The number of halogens is 1. The first-order chi connectivity index (χ1) is 15.9. The number of benzene rings is 2. The lowest BCUT2D eigenvalue weighted by molar-refractivity contribution is -0.231. The highest BCUT2D eigenvalue weighted by Crippen LogP contribution is 2.57. The Bertz CT molecular complexity index is 967. The second kappa shape index (κ2) is 9.17. The molecule has 6 nitrogen and oxygen atoms in total. The number of fused-ring (bicyclic) bond motifs is 1. The first-order valence-electron chi connectivity index (χ1n) is 11.7. The summed E-state index contributed by atoms with van der Waals surface area (Å²) in [6, 6.07) is 13.4. The van der Waals surface area contributed by atoms with E-state index in [0.29, 0.717) is 23.1 Å². The molecule has 2 aliphatic carbocycles. The molecule has 7 heteroatoms. The second-order valence-electron chi connectivity index (χ2n) is 9.82. The van der Waals surface area contributed by atoms with Crippen LogP contribution < -0.4 is 4.74 Å². The first kappa shape index (κ1) is 23.1. The van der Waals surface area contributed by atoms with Gasteiger partial charge >= 0.3 is 0 Å². The van der Waals surface area contributed by atoms with Gasteiger partial charge in [-0.15, -0.1) is 0 Å². The molecule has 33 heavy (non-hydrogen) atoms. The third-order valence-corrected chi connectivity index (χ3v) is 8.11. The molecule has 0 bridgehead atoms. The standard InChI is InChI=1S/C26H31ClO6/c1-13-19-10-18(11-20(13)19)32-17-5-2-14(3-6-17)8-16-9-15(4-7-21(16)27)26-25(31)24(30)23(29)22(12-28)33-26/h2-7,9,13,18-20,22-26,28-31H,8,10-12H2,1H3/t13-,18-,19+,20-,22-,23-,24+,25-,26+/m1/s1. The zero-order valence-electron chi connectivity index (χ0n) is 18.5. The summed E-state index contributed by atoms with van der Waals surface area (Å²) >= 11 is 6.45. The number of hydrogen-bond donors (Lipinski definition) is 4. The van der Waals surface area contributed by atoms with Gasteiger partial charge in [0.2, 0.25) is 0 Å². The van der Waals surface area contributed by atoms with Crippen molar-refractivity contribution in [2.75, 3.05) is 6.61 Å². The van der Waals surface area contributed by atoms with Crippen molar-refractivity contribution in [3.63, 3.8) is 0 Å². The van der Waals surface area contributed by atoms with E-state index in [-0.39, 0.29) is 0 Å². The first-order valence-corrected chi connectivity index (χ1v) is 12.1. The van der Waals surface area contributed by atoms with Crippen LogP contribution in [0.2, 0.25) is 5.02 Å². The van der Waals surface area contributed by atoms with Crippen LogP contribution in [0.4, 0.5) is 0 Å². The molecule has 5 rings (SSSR count). The van der Waals surface area contributed by atoms with Crippen molar-refractivity contribution in [2.45, 2.75) is 62.8 Å². The molecule has 2 aromatic carbocycles. The van der Waals surface area contributed by atoms with Gasteiger partial charge in [-0.25, -0.2) is 0 Å². The third kappa shape index (κ3) is 4.53. The van der Waals surface area contributed by atoms with E-state index in [1.807, 2.05) is 30.3 Å². The van der Waals surface area contributed by atoms with E-state index >= 15 is 0 Å². The Hall–Kier alpha value is -1.67. The van der Waals surface area contributed by atoms with Crippen molar-refractivity contribution in [3.05, 3.63) is 64.2 Å². The zero-order chi connectivity index (χ0) is 23.3. The van der Waals surface area contributed by atoms with Gasteiger partial charge in [-0.2, -0.15) is 0 Å². The fourth-order valence-electron chi connectivity index (χ4n) is 5.60. The van der Waals surface area contributed by atoms with Crippen LogP contribution in [0, 0.1) is 17.8 Å². The van der Waals surface area contributed by atoms with Crippen molar-refractivity contribution >= 4 is 11.6 Å². The van der Waals surface area contributed by atoms with E-state index in [4.69, 9.17) is 21.1 Å². The lowest BCUT2D eigenvalue weighted by atomic mass is 9.90. The van der Waals surface area contributed by atoms with Crippen molar-refractivity contribution in [3.8, 4) is 5.75 Å². The van der Waals surface area contributed by atoms with Crippen LogP contribution in [0.25, 0.3) is 0 Å². The summed E-state index contributed by atoms with van der Waals surface area (Å²) in [7, 11) is 0. The number of rotatable bonds is 6. The quantitative estimate of drug-likeness (QED) is 0.514. The lowest BCUT2D eigenvalue weighted by Gasteiger charge is -2.40. The maximum absolute atomic E-state index is 10.4. The Labute approximate surface area is 198 Å². The fraction of sp³-hybridized carbons (Fsp3) is 0.538. The molecule has 1 heterocycles. The highest BCUT2D eigenvalue weighted by molar-refractivity contribution is 6.31. The summed E-state index contributed by atoms with van der Waals surface area (Å²) in [4.78, 5) is 0. The van der Waals surface area contributed by atoms with Gasteiger partial charge in [-0.1, -0.05) is 42.8 Å². The third-order valence-electron chi connectivity index (χ3n) is 7.74. The summed E-state index contributed by atoms with van der Waals surface area (Å²) < 4.78 is 11.9. The average molecular weight is 475 g/mol. The van der Waals surface area contributed by atoms with E-state index in [1.54, 1.807) is 12.1 Å². The number of ether oxygens (including phenoxy) is 2. The molecule has 0 aromatic heterocycles. The van der Waals surface area contributed by atoms with E-state index in [2.05, 4.69) is 6.92 Å². The Kier molecular flexibility index (Phi) is 6.42. The van der Waals surface area contributed by atoms with Gasteiger partial charge in [0.05, 0.1) is 12.7 Å². The van der Waals surface area contributed by atoms with Crippen LogP contribution >= 0.6 is 11.6 Å². The van der Waals surface area contributed by atoms with Gasteiger partial charge in [0.15, 0.2) is 0 Å². The van der Waals surface area contributed by atoms with E-state index in [9.17, 15) is 20.4 Å². The smallest absolute Gasteiger partial charge is 0.119 e. The number of hydrogen-bond acceptors (Lipinski definition) is 6. The van der Waals surface area contributed by atoms with E-state index in [1.165, 1.54) is 0 Å². The van der Waals surface area contributed by atoms with Gasteiger partial charge in [-0.05, 0) is 71.9 Å². The van der Waals surface area contributed by atoms with Crippen LogP contribution in [0.1, 0.15) is 42.6 Å². The molecule has 1 saturated heterocycles. The van der Waals surface area contributed by atoms with Gasteiger partial charge < -0.3 is 29.9 Å². The van der Waals surface area contributed by atoms with E-state index in [0.717, 1.165) is 47.5 Å². The minimum absolute atomic E-state index is 0.326. The van der Waals surface area contributed by atoms with Crippen LogP contribution in [-0.2, 0) is 11.2 Å². The molecule has 0 amide bonds. The van der Waals surface area contributed by atoms with Gasteiger partial charge in [0.1, 0.15) is 36.3 Å². The molecular weight excluding hydrogens is 444 g/mol. The largest absolute Gasteiger partial charge is 0.490 e. The molecule has 1 aliphatic heterocycles. The molecule has 9 atom stereocenters. The average Bonchev–Trinajstić information content (AvgIpc) is 3.20. The molecule has 0 spiro atoms. The normalized spacial score (nSPS) is 37.6. The lowest BCUT2D eigenvalue weighted by Crippen LogP contribution is -2.55. The molecule has 178 valence electrons. The number of aliphatic hydroxyl groups excluding tert-OH is 4. The van der Waals surface area contributed by atoms with Crippen molar-refractivity contribution in [2.24, 2.45) is 17.8 Å². The van der Waals surface area contributed by atoms with Crippen LogP contribution in [0.5, 0.6) is 5.75 Å². The maximum Gasteiger partial charge on any atom is 0.119 e.